The second-order valence-electron chi connectivity index (χ2n) is 2.40. The fourth-order valence-electron chi connectivity index (χ4n) is 0.958. The second-order valence-corrected chi connectivity index (χ2v) is 4.99. The molecule has 0 fully saturated rings. The van der Waals surface area contributed by atoms with Crippen molar-refractivity contribution in [3.8, 4) is 0 Å². The van der Waals surface area contributed by atoms with Crippen LogP contribution < -0.4 is 51.4 Å². The fourth-order valence-corrected chi connectivity index (χ4v) is 2.54. The summed E-state index contributed by atoms with van der Waals surface area (Å²) in [7, 11) is -4.41. The molecule has 2 aromatic rings. The van der Waals surface area contributed by atoms with E-state index in [1.54, 1.807) is 24.3 Å². The van der Waals surface area contributed by atoms with Crippen LogP contribution in [0, 0.1) is 0 Å². The van der Waals surface area contributed by atoms with Gasteiger partial charge < -0.3 is 4.55 Å². The van der Waals surface area contributed by atoms with Crippen molar-refractivity contribution in [1.29, 1.82) is 0 Å². The molecule has 14 heavy (non-hydrogen) atoms. The van der Waals surface area contributed by atoms with Gasteiger partial charge in [-0.15, -0.1) is 11.3 Å². The minimum atomic E-state index is -4.41. The monoisotopic (exact) mass is 253 g/mol. The molecule has 1 heterocycles. The SMILES string of the molecule is O=S(=O)([O-])c1nc2ccccc2s1.[K+]. The van der Waals surface area contributed by atoms with Gasteiger partial charge in [-0.25, -0.2) is 13.4 Å². The van der Waals surface area contributed by atoms with E-state index in [0.717, 1.165) is 11.3 Å². The third kappa shape index (κ3) is 2.61. The topological polar surface area (TPSA) is 70.1 Å². The first kappa shape index (κ1) is 12.7. The third-order valence-corrected chi connectivity index (χ3v) is 3.70. The largest absolute Gasteiger partial charge is 1.00 e. The van der Waals surface area contributed by atoms with E-state index in [1.165, 1.54) is 0 Å². The molecule has 0 aliphatic heterocycles. The summed E-state index contributed by atoms with van der Waals surface area (Å²) in [5.41, 5.74) is 0.543. The summed E-state index contributed by atoms with van der Waals surface area (Å²) in [6.45, 7) is 0. The normalized spacial score (nSPS) is 11.2. The van der Waals surface area contributed by atoms with Crippen molar-refractivity contribution in [2.75, 3.05) is 0 Å². The van der Waals surface area contributed by atoms with Crippen LogP contribution in [0.5, 0.6) is 0 Å². The second kappa shape index (κ2) is 4.66. The van der Waals surface area contributed by atoms with E-state index in [4.69, 9.17) is 0 Å². The van der Waals surface area contributed by atoms with Crippen LogP contribution in [-0.2, 0) is 10.1 Å². The summed E-state index contributed by atoms with van der Waals surface area (Å²) < 4.78 is 32.1. The first-order chi connectivity index (χ1) is 6.07. The Kier molecular flexibility index (Phi) is 4.24. The number of aromatic nitrogens is 1. The van der Waals surface area contributed by atoms with Crippen LogP contribution in [-0.4, -0.2) is 18.0 Å². The molecular weight excluding hydrogens is 249 g/mol. The van der Waals surface area contributed by atoms with Gasteiger partial charge in [-0.1, -0.05) is 12.1 Å². The quantitative estimate of drug-likeness (QED) is 0.444. The van der Waals surface area contributed by atoms with Crippen molar-refractivity contribution >= 4 is 31.7 Å². The van der Waals surface area contributed by atoms with Crippen molar-refractivity contribution in [2.24, 2.45) is 0 Å². The van der Waals surface area contributed by atoms with Crippen LogP contribution in [0.3, 0.4) is 0 Å². The Hall–Kier alpha value is 0.656. The molecule has 0 unspecified atom stereocenters. The summed E-state index contributed by atoms with van der Waals surface area (Å²) in [6, 6.07) is 6.90. The maximum atomic E-state index is 10.6. The van der Waals surface area contributed by atoms with Gasteiger partial charge in [-0.2, -0.15) is 0 Å². The molecule has 0 radical (unpaired) electrons. The van der Waals surface area contributed by atoms with Crippen LogP contribution in [0.15, 0.2) is 28.6 Å². The van der Waals surface area contributed by atoms with Gasteiger partial charge in [0, 0.05) is 0 Å². The van der Waals surface area contributed by atoms with E-state index < -0.39 is 10.1 Å². The van der Waals surface area contributed by atoms with E-state index in [2.05, 4.69) is 4.98 Å². The number of hydrogen-bond donors (Lipinski definition) is 0. The Morgan fingerprint density at radius 2 is 1.93 bits per heavy atom. The average molecular weight is 253 g/mol. The van der Waals surface area contributed by atoms with Crippen molar-refractivity contribution in [3.05, 3.63) is 24.3 Å². The molecule has 0 aliphatic carbocycles. The maximum Gasteiger partial charge on any atom is 1.00 e. The van der Waals surface area contributed by atoms with E-state index in [-0.39, 0.29) is 55.7 Å². The molecule has 68 valence electrons. The zero-order chi connectivity index (χ0) is 9.47. The molecule has 7 heteroatoms. The van der Waals surface area contributed by atoms with Crippen molar-refractivity contribution < 1.29 is 64.4 Å². The molecule has 0 saturated carbocycles. The molecule has 0 N–H and O–H groups in total. The molecule has 0 aliphatic rings. The molecule has 0 bridgehead atoms. The minimum Gasteiger partial charge on any atom is -0.742 e. The van der Waals surface area contributed by atoms with Crippen molar-refractivity contribution in [2.45, 2.75) is 4.34 Å². The van der Waals surface area contributed by atoms with Gasteiger partial charge in [0.2, 0.25) is 0 Å². The van der Waals surface area contributed by atoms with E-state index in [9.17, 15) is 13.0 Å². The number of nitrogens with zero attached hydrogens (tertiary/aromatic N) is 1. The number of thiazole rings is 1. The zero-order valence-corrected chi connectivity index (χ0v) is 12.1. The Bertz CT molecular complexity index is 516. The van der Waals surface area contributed by atoms with E-state index in [1.807, 2.05) is 0 Å². The van der Waals surface area contributed by atoms with Gasteiger partial charge in [0.1, 0.15) is 0 Å². The van der Waals surface area contributed by atoms with Gasteiger partial charge >= 0.3 is 51.4 Å². The maximum absolute atomic E-state index is 10.6. The number of hydrogen-bond acceptors (Lipinski definition) is 5. The first-order valence-electron chi connectivity index (χ1n) is 3.39. The predicted octanol–water partition coefficient (Wildman–Crippen LogP) is -1.80. The van der Waals surface area contributed by atoms with Crippen molar-refractivity contribution in [1.82, 2.24) is 4.98 Å². The average Bonchev–Trinajstić information content (AvgIpc) is 2.45. The number of benzene rings is 1. The van der Waals surface area contributed by atoms with Gasteiger partial charge in [0.15, 0.2) is 14.5 Å². The zero-order valence-electron chi connectivity index (χ0n) is 7.30. The van der Waals surface area contributed by atoms with Crippen LogP contribution >= 0.6 is 11.3 Å². The summed E-state index contributed by atoms with van der Waals surface area (Å²) in [6.07, 6.45) is 0. The third-order valence-electron chi connectivity index (χ3n) is 1.49. The molecule has 1 aromatic heterocycles. The molecule has 0 saturated heterocycles. The molecule has 2 rings (SSSR count). The summed E-state index contributed by atoms with van der Waals surface area (Å²) in [4.78, 5) is 3.70. The standard InChI is InChI=1S/C7H5NO3S2.K/c9-13(10,11)7-8-5-3-1-2-4-6(5)12-7;/h1-4H,(H,9,10,11);/q;+1/p-1. The number of fused-ring (bicyclic) bond motifs is 1. The van der Waals surface area contributed by atoms with Crippen LogP contribution in [0.2, 0.25) is 0 Å². The van der Waals surface area contributed by atoms with Gasteiger partial charge in [0.25, 0.3) is 0 Å². The van der Waals surface area contributed by atoms with Gasteiger partial charge in [0.05, 0.1) is 10.2 Å². The van der Waals surface area contributed by atoms with E-state index >= 15 is 0 Å². The smallest absolute Gasteiger partial charge is 0.742 e. The number of rotatable bonds is 1. The predicted molar refractivity (Wildman–Crippen MR) is 47.6 cm³/mol. The fraction of sp³-hybridized carbons (Fsp3) is 0. The Labute approximate surface area is 128 Å². The Balaban J connectivity index is 0.000000980. The summed E-state index contributed by atoms with van der Waals surface area (Å²) in [5, 5.41) is 0. The van der Waals surface area contributed by atoms with Gasteiger partial charge in [-0.05, 0) is 12.1 Å². The minimum absolute atomic E-state index is 0. The molecule has 4 nitrogen and oxygen atoms in total. The summed E-state index contributed by atoms with van der Waals surface area (Å²) in [5.74, 6) is 0. The van der Waals surface area contributed by atoms with E-state index in [0.29, 0.717) is 10.2 Å². The molecule has 1 aromatic carbocycles. The molecule has 0 amide bonds. The Morgan fingerprint density at radius 3 is 2.50 bits per heavy atom. The van der Waals surface area contributed by atoms with Gasteiger partial charge in [-0.3, -0.25) is 0 Å². The molecule has 0 spiro atoms. The molecule has 0 atom stereocenters. The van der Waals surface area contributed by atoms with Crippen LogP contribution in [0.1, 0.15) is 0 Å². The van der Waals surface area contributed by atoms with Crippen molar-refractivity contribution in [3.63, 3.8) is 0 Å². The first-order valence-corrected chi connectivity index (χ1v) is 5.61. The van der Waals surface area contributed by atoms with Crippen LogP contribution in [0.25, 0.3) is 10.2 Å². The number of para-hydroxylation sites is 1. The Morgan fingerprint density at radius 1 is 1.29 bits per heavy atom. The molecular formula is C7H4KNO3S2. The van der Waals surface area contributed by atoms with Crippen LogP contribution in [0.4, 0.5) is 0 Å². The summed E-state index contributed by atoms with van der Waals surface area (Å²) >= 11 is 0.893.